The van der Waals surface area contributed by atoms with Crippen LogP contribution >= 0.6 is 15.9 Å². The van der Waals surface area contributed by atoms with Gasteiger partial charge in [0.15, 0.2) is 0 Å². The molecule has 0 unspecified atom stereocenters. The highest BCUT2D eigenvalue weighted by Gasteiger charge is 2.02. The third kappa shape index (κ3) is 1.40. The Hall–Kier alpha value is -0.310. The van der Waals surface area contributed by atoms with Gasteiger partial charge in [-0.25, -0.2) is 4.98 Å². The van der Waals surface area contributed by atoms with Crippen molar-refractivity contribution >= 4 is 15.9 Å². The fourth-order valence-corrected chi connectivity index (χ4v) is 1.51. The summed E-state index contributed by atoms with van der Waals surface area (Å²) in [6, 6.07) is 0. The minimum absolute atomic E-state index is 0.983. The third-order valence-corrected chi connectivity index (χ3v) is 2.16. The fourth-order valence-electron chi connectivity index (χ4n) is 0.943. The molecule has 2 nitrogen and oxygen atoms in total. The molecule has 0 aliphatic heterocycles. The van der Waals surface area contributed by atoms with Crippen LogP contribution in [0, 0.1) is 0 Å². The standard InChI is InChI=1S/C7H11BrN2/c1-3-4-6-7(8)9-5-10(6)2/h5H,3-4H2,1-2H3. The second-order valence-electron chi connectivity index (χ2n) is 2.34. The average Bonchev–Trinajstić information content (AvgIpc) is 2.20. The highest BCUT2D eigenvalue weighted by molar-refractivity contribution is 9.10. The van der Waals surface area contributed by atoms with E-state index >= 15 is 0 Å². The number of rotatable bonds is 2. The second-order valence-corrected chi connectivity index (χ2v) is 3.09. The van der Waals surface area contributed by atoms with Crippen LogP contribution in [0.4, 0.5) is 0 Å². The van der Waals surface area contributed by atoms with Crippen molar-refractivity contribution in [2.45, 2.75) is 19.8 Å². The third-order valence-electron chi connectivity index (χ3n) is 1.49. The summed E-state index contributed by atoms with van der Waals surface area (Å²) in [7, 11) is 2.02. The maximum atomic E-state index is 4.11. The first kappa shape index (κ1) is 7.79. The van der Waals surface area contributed by atoms with E-state index in [2.05, 4.69) is 27.8 Å². The zero-order valence-electron chi connectivity index (χ0n) is 6.26. The summed E-state index contributed by atoms with van der Waals surface area (Å²) < 4.78 is 3.03. The molecule has 0 aliphatic rings. The molecule has 0 amide bonds. The van der Waals surface area contributed by atoms with Gasteiger partial charge in [-0.05, 0) is 22.4 Å². The topological polar surface area (TPSA) is 17.8 Å². The summed E-state index contributed by atoms with van der Waals surface area (Å²) in [5.74, 6) is 0. The summed E-state index contributed by atoms with van der Waals surface area (Å²) in [5, 5.41) is 0. The molecule has 56 valence electrons. The van der Waals surface area contributed by atoms with Gasteiger partial charge in [-0.1, -0.05) is 13.3 Å². The number of halogens is 1. The Morgan fingerprint density at radius 3 is 2.80 bits per heavy atom. The molecular formula is C7H11BrN2. The van der Waals surface area contributed by atoms with Gasteiger partial charge >= 0.3 is 0 Å². The van der Waals surface area contributed by atoms with Crippen LogP contribution in [0.1, 0.15) is 19.0 Å². The quantitative estimate of drug-likeness (QED) is 0.719. The number of nitrogens with zero attached hydrogens (tertiary/aromatic N) is 2. The monoisotopic (exact) mass is 202 g/mol. The smallest absolute Gasteiger partial charge is 0.127 e. The Morgan fingerprint density at radius 1 is 1.70 bits per heavy atom. The van der Waals surface area contributed by atoms with Crippen molar-refractivity contribution in [3.63, 3.8) is 0 Å². The van der Waals surface area contributed by atoms with Gasteiger partial charge < -0.3 is 4.57 Å². The van der Waals surface area contributed by atoms with E-state index in [1.807, 2.05) is 17.9 Å². The van der Waals surface area contributed by atoms with E-state index in [0.29, 0.717) is 0 Å². The van der Waals surface area contributed by atoms with Crippen molar-refractivity contribution in [1.29, 1.82) is 0 Å². The number of aryl methyl sites for hydroxylation is 1. The summed E-state index contributed by atoms with van der Waals surface area (Å²) in [6.07, 6.45) is 4.09. The van der Waals surface area contributed by atoms with E-state index in [-0.39, 0.29) is 0 Å². The minimum atomic E-state index is 0.983. The Balaban J connectivity index is 2.87. The lowest BCUT2D eigenvalue weighted by molar-refractivity contribution is 0.782. The lowest BCUT2D eigenvalue weighted by Crippen LogP contribution is -1.94. The molecule has 0 radical (unpaired) electrons. The Labute approximate surface area is 69.4 Å². The molecule has 0 bridgehead atoms. The van der Waals surface area contributed by atoms with Gasteiger partial charge in [0.05, 0.1) is 12.0 Å². The maximum Gasteiger partial charge on any atom is 0.127 e. The van der Waals surface area contributed by atoms with Crippen LogP contribution in [-0.4, -0.2) is 9.55 Å². The van der Waals surface area contributed by atoms with Crippen LogP contribution in [-0.2, 0) is 13.5 Å². The first-order valence-corrected chi connectivity index (χ1v) is 4.20. The molecule has 0 spiro atoms. The lowest BCUT2D eigenvalue weighted by Gasteiger charge is -1.98. The molecule has 1 heterocycles. The van der Waals surface area contributed by atoms with Crippen molar-refractivity contribution in [2.24, 2.45) is 7.05 Å². The normalized spacial score (nSPS) is 10.3. The summed E-state index contributed by atoms with van der Waals surface area (Å²) in [4.78, 5) is 4.11. The van der Waals surface area contributed by atoms with E-state index < -0.39 is 0 Å². The van der Waals surface area contributed by atoms with E-state index in [1.165, 1.54) is 5.69 Å². The van der Waals surface area contributed by atoms with Gasteiger partial charge in [-0.15, -0.1) is 0 Å². The fraction of sp³-hybridized carbons (Fsp3) is 0.571. The van der Waals surface area contributed by atoms with Crippen LogP contribution in [0.5, 0.6) is 0 Å². The zero-order chi connectivity index (χ0) is 7.56. The van der Waals surface area contributed by atoms with Crippen molar-refractivity contribution in [3.8, 4) is 0 Å². The highest BCUT2D eigenvalue weighted by Crippen LogP contribution is 2.14. The molecule has 0 saturated heterocycles. The van der Waals surface area contributed by atoms with Gasteiger partial charge in [0, 0.05) is 7.05 Å². The largest absolute Gasteiger partial charge is 0.337 e. The number of hydrogen-bond donors (Lipinski definition) is 0. The molecule has 3 heteroatoms. The highest BCUT2D eigenvalue weighted by atomic mass is 79.9. The van der Waals surface area contributed by atoms with Gasteiger partial charge in [-0.2, -0.15) is 0 Å². The van der Waals surface area contributed by atoms with Crippen LogP contribution < -0.4 is 0 Å². The van der Waals surface area contributed by atoms with Gasteiger partial charge in [0.2, 0.25) is 0 Å². The summed E-state index contributed by atoms with van der Waals surface area (Å²) in [6.45, 7) is 2.17. The Bertz CT molecular complexity index is 198. The van der Waals surface area contributed by atoms with Gasteiger partial charge in [0.25, 0.3) is 0 Å². The van der Waals surface area contributed by atoms with Crippen LogP contribution in [0.15, 0.2) is 10.9 Å². The molecule has 1 aromatic rings. The van der Waals surface area contributed by atoms with E-state index in [9.17, 15) is 0 Å². The van der Waals surface area contributed by atoms with E-state index in [1.54, 1.807) is 0 Å². The Morgan fingerprint density at radius 2 is 2.40 bits per heavy atom. The van der Waals surface area contributed by atoms with Gasteiger partial charge in [-0.3, -0.25) is 0 Å². The number of hydrogen-bond acceptors (Lipinski definition) is 1. The van der Waals surface area contributed by atoms with Crippen LogP contribution in [0.2, 0.25) is 0 Å². The number of imidazole rings is 1. The lowest BCUT2D eigenvalue weighted by atomic mass is 10.3. The maximum absolute atomic E-state index is 4.11. The van der Waals surface area contributed by atoms with Crippen molar-refractivity contribution in [1.82, 2.24) is 9.55 Å². The van der Waals surface area contributed by atoms with E-state index in [0.717, 1.165) is 17.4 Å². The summed E-state index contributed by atoms with van der Waals surface area (Å²) in [5.41, 5.74) is 1.28. The van der Waals surface area contributed by atoms with Gasteiger partial charge in [0.1, 0.15) is 4.60 Å². The minimum Gasteiger partial charge on any atom is -0.337 e. The molecule has 1 aromatic heterocycles. The molecule has 0 fully saturated rings. The first-order valence-electron chi connectivity index (χ1n) is 3.41. The molecule has 0 atom stereocenters. The molecule has 0 saturated carbocycles. The second kappa shape index (κ2) is 3.19. The predicted octanol–water partition coefficient (Wildman–Crippen LogP) is 2.14. The SMILES string of the molecule is CCCc1c(Br)ncn1C. The van der Waals surface area contributed by atoms with Crippen LogP contribution in [0.25, 0.3) is 0 Å². The molecule has 0 aromatic carbocycles. The van der Waals surface area contributed by atoms with Crippen molar-refractivity contribution in [2.75, 3.05) is 0 Å². The van der Waals surface area contributed by atoms with E-state index in [4.69, 9.17) is 0 Å². The first-order chi connectivity index (χ1) is 4.75. The molecular weight excluding hydrogens is 192 g/mol. The predicted molar refractivity (Wildman–Crippen MR) is 44.9 cm³/mol. The molecule has 10 heavy (non-hydrogen) atoms. The molecule has 1 rings (SSSR count). The zero-order valence-corrected chi connectivity index (χ0v) is 7.85. The molecule has 0 N–H and O–H groups in total. The van der Waals surface area contributed by atoms with Crippen LogP contribution in [0.3, 0.4) is 0 Å². The molecule has 0 aliphatic carbocycles. The Kier molecular flexibility index (Phi) is 2.49. The average molecular weight is 203 g/mol. The number of aromatic nitrogens is 2. The van der Waals surface area contributed by atoms with Crippen molar-refractivity contribution < 1.29 is 0 Å². The summed E-state index contributed by atoms with van der Waals surface area (Å²) >= 11 is 3.39. The van der Waals surface area contributed by atoms with Crippen molar-refractivity contribution in [3.05, 3.63) is 16.6 Å².